The van der Waals surface area contributed by atoms with Gasteiger partial charge in [0.15, 0.2) is 0 Å². The molecular weight excluding hydrogens is 228 g/mol. The van der Waals surface area contributed by atoms with Gasteiger partial charge in [0.1, 0.15) is 17.5 Å². The topological polar surface area (TPSA) is 81.6 Å². The number of nitrogens with one attached hydrogen (secondary N) is 2. The summed E-state index contributed by atoms with van der Waals surface area (Å²) in [6, 6.07) is 7.53. The van der Waals surface area contributed by atoms with Crippen LogP contribution in [-0.4, -0.2) is 16.1 Å². The molecule has 0 aliphatic heterocycles. The fourth-order valence-electron chi connectivity index (χ4n) is 1.72. The Hall–Kier alpha value is -2.61. The fraction of sp³-hybridized carbons (Fsp3) is 0.154. The zero-order valence-corrected chi connectivity index (χ0v) is 10.1. The first kappa shape index (κ1) is 11.9. The lowest BCUT2D eigenvalue weighted by Gasteiger charge is -2.07. The zero-order valence-electron chi connectivity index (χ0n) is 10.1. The normalized spacial score (nSPS) is 9.83. The van der Waals surface area contributed by atoms with Crippen LogP contribution in [0.1, 0.15) is 27.0 Å². The summed E-state index contributed by atoms with van der Waals surface area (Å²) in [7, 11) is 0. The summed E-state index contributed by atoms with van der Waals surface area (Å²) in [5, 5.41) is 17.8. The van der Waals surface area contributed by atoms with E-state index in [-0.39, 0.29) is 5.91 Å². The Bertz CT molecular complexity index is 637. The van der Waals surface area contributed by atoms with Crippen LogP contribution >= 0.6 is 0 Å². The molecule has 18 heavy (non-hydrogen) atoms. The number of amides is 1. The maximum atomic E-state index is 12.0. The molecule has 0 aliphatic carbocycles. The van der Waals surface area contributed by atoms with Crippen molar-refractivity contribution in [1.29, 1.82) is 5.26 Å². The minimum atomic E-state index is -0.256. The summed E-state index contributed by atoms with van der Waals surface area (Å²) < 4.78 is 0. The Morgan fingerprint density at radius 2 is 2.22 bits per heavy atom. The van der Waals surface area contributed by atoms with Crippen molar-refractivity contribution in [1.82, 2.24) is 10.2 Å². The van der Waals surface area contributed by atoms with Gasteiger partial charge in [-0.3, -0.25) is 9.89 Å². The number of anilines is 1. The van der Waals surface area contributed by atoms with Crippen molar-refractivity contribution in [2.24, 2.45) is 0 Å². The summed E-state index contributed by atoms with van der Waals surface area (Å²) in [5.74, 6) is 0.0655. The maximum Gasteiger partial charge on any atom is 0.257 e. The van der Waals surface area contributed by atoms with E-state index in [1.54, 1.807) is 6.07 Å². The number of hydrogen-bond donors (Lipinski definition) is 2. The molecule has 0 spiro atoms. The van der Waals surface area contributed by atoms with Gasteiger partial charge in [0.25, 0.3) is 5.91 Å². The number of rotatable bonds is 2. The molecule has 2 rings (SSSR count). The molecule has 0 unspecified atom stereocenters. The van der Waals surface area contributed by atoms with E-state index < -0.39 is 0 Å². The average molecular weight is 240 g/mol. The van der Waals surface area contributed by atoms with Crippen molar-refractivity contribution in [3.05, 3.63) is 46.6 Å². The van der Waals surface area contributed by atoms with Crippen molar-refractivity contribution < 1.29 is 4.79 Å². The number of nitriles is 1. The molecule has 2 N–H and O–H groups in total. The number of nitrogens with zero attached hydrogens (tertiary/aromatic N) is 2. The molecule has 0 bridgehead atoms. The van der Waals surface area contributed by atoms with E-state index >= 15 is 0 Å². The van der Waals surface area contributed by atoms with Gasteiger partial charge in [-0.25, -0.2) is 0 Å². The van der Waals surface area contributed by atoms with Crippen molar-refractivity contribution in [2.75, 3.05) is 5.32 Å². The van der Waals surface area contributed by atoms with Gasteiger partial charge >= 0.3 is 0 Å². The van der Waals surface area contributed by atoms with E-state index in [4.69, 9.17) is 5.26 Å². The van der Waals surface area contributed by atoms with Crippen LogP contribution in [0.25, 0.3) is 0 Å². The van der Waals surface area contributed by atoms with Gasteiger partial charge in [-0.05, 0) is 25.5 Å². The number of carbonyl (C=O) groups excluding carboxylic acids is 1. The summed E-state index contributed by atoms with van der Waals surface area (Å²) in [5.41, 5.74) is 2.89. The van der Waals surface area contributed by atoms with Crippen LogP contribution < -0.4 is 5.32 Å². The Labute approximate surface area is 104 Å². The van der Waals surface area contributed by atoms with E-state index in [1.807, 2.05) is 32.0 Å². The van der Waals surface area contributed by atoms with Crippen LogP contribution in [0.5, 0.6) is 0 Å². The first-order valence-electron chi connectivity index (χ1n) is 5.44. The quantitative estimate of drug-likeness (QED) is 0.843. The van der Waals surface area contributed by atoms with Gasteiger partial charge in [0.05, 0.1) is 6.20 Å². The highest BCUT2D eigenvalue weighted by Gasteiger charge is 2.12. The van der Waals surface area contributed by atoms with Crippen molar-refractivity contribution in [3.63, 3.8) is 0 Å². The van der Waals surface area contributed by atoms with Crippen molar-refractivity contribution >= 4 is 11.7 Å². The predicted octanol–water partition coefficient (Wildman–Crippen LogP) is 2.15. The van der Waals surface area contributed by atoms with Gasteiger partial charge in [-0.2, -0.15) is 10.4 Å². The summed E-state index contributed by atoms with van der Waals surface area (Å²) >= 11 is 0. The molecule has 0 aliphatic rings. The lowest BCUT2D eigenvalue weighted by Crippen LogP contribution is -2.14. The number of H-pyrrole nitrogens is 1. The molecule has 0 atom stereocenters. The lowest BCUT2D eigenvalue weighted by atomic mass is 10.1. The smallest absolute Gasteiger partial charge is 0.257 e. The highest BCUT2D eigenvalue weighted by Crippen LogP contribution is 2.14. The predicted molar refractivity (Wildman–Crippen MR) is 67.2 cm³/mol. The molecule has 2 aromatic rings. The molecular formula is C13H12N4O. The summed E-state index contributed by atoms with van der Waals surface area (Å²) in [4.78, 5) is 12.0. The molecule has 1 aromatic heterocycles. The summed E-state index contributed by atoms with van der Waals surface area (Å²) in [6.45, 7) is 3.84. The molecule has 1 aromatic carbocycles. The average Bonchev–Trinajstić information content (AvgIpc) is 2.76. The lowest BCUT2D eigenvalue weighted by molar-refractivity contribution is 0.102. The van der Waals surface area contributed by atoms with Crippen LogP contribution in [0.4, 0.5) is 5.82 Å². The Morgan fingerprint density at radius 3 is 2.89 bits per heavy atom. The standard InChI is InChI=1S/C13H12N4O/c1-8-3-4-11(9(2)5-8)13(18)16-12-10(6-14)7-15-17-12/h3-5,7H,1-2H3,(H2,15,16,17,18). The van der Waals surface area contributed by atoms with Crippen LogP contribution in [0.15, 0.2) is 24.4 Å². The summed E-state index contributed by atoms with van der Waals surface area (Å²) in [6.07, 6.45) is 1.37. The Kier molecular flexibility index (Phi) is 3.11. The number of hydrogen-bond acceptors (Lipinski definition) is 3. The number of aryl methyl sites for hydroxylation is 2. The van der Waals surface area contributed by atoms with Crippen LogP contribution in [0, 0.1) is 25.2 Å². The van der Waals surface area contributed by atoms with E-state index in [0.717, 1.165) is 11.1 Å². The number of aromatic nitrogens is 2. The van der Waals surface area contributed by atoms with Gasteiger partial charge in [-0.15, -0.1) is 0 Å². The second kappa shape index (κ2) is 4.72. The highest BCUT2D eigenvalue weighted by atomic mass is 16.1. The molecule has 1 heterocycles. The first-order chi connectivity index (χ1) is 8.61. The van der Waals surface area contributed by atoms with Gasteiger partial charge in [0, 0.05) is 5.56 Å². The molecule has 5 nitrogen and oxygen atoms in total. The molecule has 90 valence electrons. The second-order valence-electron chi connectivity index (χ2n) is 4.04. The Morgan fingerprint density at radius 1 is 1.44 bits per heavy atom. The van der Waals surface area contributed by atoms with E-state index in [1.165, 1.54) is 6.20 Å². The molecule has 5 heteroatoms. The first-order valence-corrected chi connectivity index (χ1v) is 5.44. The largest absolute Gasteiger partial charge is 0.306 e. The van der Waals surface area contributed by atoms with Crippen LogP contribution in [-0.2, 0) is 0 Å². The van der Waals surface area contributed by atoms with E-state index in [0.29, 0.717) is 16.9 Å². The highest BCUT2D eigenvalue weighted by molar-refractivity contribution is 6.05. The van der Waals surface area contributed by atoms with Crippen LogP contribution in [0.3, 0.4) is 0 Å². The number of benzene rings is 1. The van der Waals surface area contributed by atoms with Crippen LogP contribution in [0.2, 0.25) is 0 Å². The monoisotopic (exact) mass is 240 g/mol. The van der Waals surface area contributed by atoms with Crippen molar-refractivity contribution in [3.8, 4) is 6.07 Å². The third-order valence-electron chi connectivity index (χ3n) is 2.62. The zero-order chi connectivity index (χ0) is 13.1. The van der Waals surface area contributed by atoms with Gasteiger partial charge < -0.3 is 5.32 Å². The minimum absolute atomic E-state index is 0.256. The molecule has 0 fully saturated rings. The minimum Gasteiger partial charge on any atom is -0.306 e. The molecule has 0 saturated carbocycles. The maximum absolute atomic E-state index is 12.0. The second-order valence-corrected chi connectivity index (χ2v) is 4.04. The Balaban J connectivity index is 2.25. The van der Waals surface area contributed by atoms with Crippen molar-refractivity contribution in [2.45, 2.75) is 13.8 Å². The van der Waals surface area contributed by atoms with E-state index in [9.17, 15) is 4.79 Å². The molecule has 0 radical (unpaired) electrons. The number of aromatic amines is 1. The van der Waals surface area contributed by atoms with Gasteiger partial charge in [-0.1, -0.05) is 17.7 Å². The number of carbonyl (C=O) groups is 1. The molecule has 1 amide bonds. The third-order valence-corrected chi connectivity index (χ3v) is 2.62. The third kappa shape index (κ3) is 2.23. The van der Waals surface area contributed by atoms with E-state index in [2.05, 4.69) is 15.5 Å². The SMILES string of the molecule is Cc1ccc(C(=O)Nc2[nH]ncc2C#N)c(C)c1. The van der Waals surface area contributed by atoms with Gasteiger partial charge in [0.2, 0.25) is 0 Å². The fourth-order valence-corrected chi connectivity index (χ4v) is 1.72. The molecule has 0 saturated heterocycles.